The van der Waals surface area contributed by atoms with Gasteiger partial charge in [0.1, 0.15) is 11.5 Å². The summed E-state index contributed by atoms with van der Waals surface area (Å²) in [6.07, 6.45) is 0.374. The van der Waals surface area contributed by atoms with E-state index in [4.69, 9.17) is 9.47 Å². The topological polar surface area (TPSA) is 67.4 Å². The van der Waals surface area contributed by atoms with Crippen LogP contribution in [0.25, 0.3) is 0 Å². The van der Waals surface area contributed by atoms with E-state index in [1.807, 2.05) is 0 Å². The first-order chi connectivity index (χ1) is 14.1. The molecule has 0 spiro atoms. The third kappa shape index (κ3) is 8.57. The van der Waals surface area contributed by atoms with Crippen LogP contribution in [0.1, 0.15) is 33.3 Å². The number of halogens is 3. The fraction of sp³-hybridized carbons (Fsp3) is 0.667. The second-order valence-corrected chi connectivity index (χ2v) is 8.11. The molecule has 0 saturated carbocycles. The lowest BCUT2D eigenvalue weighted by Crippen LogP contribution is -2.59. The Kier molecular flexibility index (Phi) is 11.2. The number of guanidine groups is 1. The number of benzene rings is 1. The molecule has 1 aliphatic heterocycles. The van der Waals surface area contributed by atoms with Gasteiger partial charge in [-0.25, -0.2) is 0 Å². The van der Waals surface area contributed by atoms with Crippen LogP contribution >= 0.6 is 24.0 Å². The molecule has 10 heteroatoms. The van der Waals surface area contributed by atoms with E-state index in [0.29, 0.717) is 23.8 Å². The lowest BCUT2D eigenvalue weighted by Gasteiger charge is -2.45. The predicted molar refractivity (Wildman–Crippen MR) is 129 cm³/mol. The van der Waals surface area contributed by atoms with E-state index in [1.54, 1.807) is 19.2 Å². The van der Waals surface area contributed by atoms with Crippen molar-refractivity contribution in [3.05, 3.63) is 23.8 Å². The van der Waals surface area contributed by atoms with Crippen molar-refractivity contribution in [3.8, 4) is 11.5 Å². The van der Waals surface area contributed by atoms with Gasteiger partial charge in [0.2, 0.25) is 0 Å². The second-order valence-electron chi connectivity index (χ2n) is 8.11. The Morgan fingerprint density at radius 2 is 1.90 bits per heavy atom. The number of hydrogen-bond donors (Lipinski definition) is 2. The van der Waals surface area contributed by atoms with Crippen LogP contribution in [0.5, 0.6) is 11.5 Å². The zero-order chi connectivity index (χ0) is 22.3. The fourth-order valence-electron chi connectivity index (χ4n) is 3.52. The summed E-state index contributed by atoms with van der Waals surface area (Å²) < 4.78 is 41.1. The lowest BCUT2D eigenvalue weighted by molar-refractivity contribution is -0.0946. The highest BCUT2D eigenvalue weighted by Gasteiger charge is 2.33. The Morgan fingerprint density at radius 3 is 2.45 bits per heavy atom. The number of hydrogen-bond acceptors (Lipinski definition) is 5. The number of methoxy groups -OCH3 is 1. The van der Waals surface area contributed by atoms with Gasteiger partial charge in [0.25, 0.3) is 0 Å². The summed E-state index contributed by atoms with van der Waals surface area (Å²) in [5.41, 5.74) is 0.428. The van der Waals surface area contributed by atoms with Crippen molar-refractivity contribution >= 4 is 29.9 Å². The quantitative estimate of drug-likeness (QED) is 0.291. The zero-order valence-electron chi connectivity index (χ0n) is 19.1. The number of nitrogens with one attached hydrogen (secondary N) is 2. The summed E-state index contributed by atoms with van der Waals surface area (Å²) in [5, 5.41) is 6.49. The molecule has 31 heavy (non-hydrogen) atoms. The third-order valence-electron chi connectivity index (χ3n) is 5.12. The molecule has 178 valence electrons. The van der Waals surface area contributed by atoms with E-state index in [2.05, 4.69) is 53.0 Å². The van der Waals surface area contributed by atoms with Gasteiger partial charge in [-0.15, -0.1) is 24.0 Å². The van der Waals surface area contributed by atoms with Crippen molar-refractivity contribution in [1.82, 2.24) is 15.5 Å². The van der Waals surface area contributed by atoms with Gasteiger partial charge in [-0.1, -0.05) is 0 Å². The first kappa shape index (κ1) is 27.6. The van der Waals surface area contributed by atoms with Crippen molar-refractivity contribution in [2.45, 2.75) is 58.6 Å². The standard InChI is InChI=1S/C21H34F2N4O3.HI/c1-14-11-27(12-15(2)29-14)21(3,4)13-26-20(24-5)25-10-16-9-17(28-6)7-8-18(16)30-19(22)23;/h7-9,14-15,19H,10-13H2,1-6H3,(H2,24,25,26);1H. The molecule has 0 radical (unpaired) electrons. The molecule has 1 saturated heterocycles. The Balaban J connectivity index is 0.00000480. The van der Waals surface area contributed by atoms with Crippen molar-refractivity contribution in [1.29, 1.82) is 0 Å². The Morgan fingerprint density at radius 1 is 1.26 bits per heavy atom. The molecule has 1 aromatic carbocycles. The summed E-state index contributed by atoms with van der Waals surface area (Å²) in [7, 11) is 3.19. The van der Waals surface area contributed by atoms with Crippen LogP contribution in [0.3, 0.4) is 0 Å². The highest BCUT2D eigenvalue weighted by atomic mass is 127. The first-order valence-corrected chi connectivity index (χ1v) is 10.1. The average Bonchev–Trinajstić information content (AvgIpc) is 2.68. The molecular weight excluding hydrogens is 521 g/mol. The van der Waals surface area contributed by atoms with Crippen LogP contribution in [-0.4, -0.2) is 69.0 Å². The van der Waals surface area contributed by atoms with E-state index < -0.39 is 6.61 Å². The smallest absolute Gasteiger partial charge is 0.387 e. The number of nitrogens with zero attached hydrogens (tertiary/aromatic N) is 2. The molecule has 0 aliphatic carbocycles. The molecule has 1 aromatic rings. The number of aliphatic imine (C=N–C) groups is 1. The van der Waals surface area contributed by atoms with Crippen LogP contribution in [0.2, 0.25) is 0 Å². The largest absolute Gasteiger partial charge is 0.497 e. The molecule has 2 unspecified atom stereocenters. The van der Waals surface area contributed by atoms with E-state index in [0.717, 1.165) is 13.1 Å². The summed E-state index contributed by atoms with van der Waals surface area (Å²) in [4.78, 5) is 6.65. The van der Waals surface area contributed by atoms with Crippen LogP contribution in [-0.2, 0) is 11.3 Å². The maximum atomic E-state index is 12.7. The molecular formula is C21H35F2IN4O3. The minimum atomic E-state index is -2.89. The minimum absolute atomic E-state index is 0. The van der Waals surface area contributed by atoms with Gasteiger partial charge in [-0.2, -0.15) is 8.78 Å². The maximum Gasteiger partial charge on any atom is 0.387 e. The molecule has 1 heterocycles. The van der Waals surface area contributed by atoms with Gasteiger partial charge >= 0.3 is 6.61 Å². The third-order valence-corrected chi connectivity index (χ3v) is 5.12. The van der Waals surface area contributed by atoms with E-state index in [9.17, 15) is 8.78 Å². The van der Waals surface area contributed by atoms with Crippen LogP contribution in [0.4, 0.5) is 8.78 Å². The summed E-state index contributed by atoms with van der Waals surface area (Å²) in [6.45, 7) is 8.26. The van der Waals surface area contributed by atoms with Crippen LogP contribution < -0.4 is 20.1 Å². The molecule has 1 fully saturated rings. The number of rotatable bonds is 8. The van der Waals surface area contributed by atoms with Crippen molar-refractivity contribution in [2.24, 2.45) is 4.99 Å². The molecule has 0 bridgehead atoms. The van der Waals surface area contributed by atoms with Crippen molar-refractivity contribution in [2.75, 3.05) is 33.8 Å². The molecule has 2 atom stereocenters. The summed E-state index contributed by atoms with van der Waals surface area (Å²) in [5.74, 6) is 1.24. The molecule has 0 amide bonds. The summed E-state index contributed by atoms with van der Waals surface area (Å²) in [6, 6.07) is 4.72. The van der Waals surface area contributed by atoms with Gasteiger partial charge in [-0.3, -0.25) is 9.89 Å². The lowest BCUT2D eigenvalue weighted by atomic mass is 10.00. The number of ether oxygens (including phenoxy) is 3. The van der Waals surface area contributed by atoms with E-state index in [-0.39, 0.29) is 54.0 Å². The monoisotopic (exact) mass is 556 g/mol. The number of morpholine rings is 1. The van der Waals surface area contributed by atoms with Crippen LogP contribution in [0.15, 0.2) is 23.2 Å². The fourth-order valence-corrected chi connectivity index (χ4v) is 3.52. The highest BCUT2D eigenvalue weighted by Crippen LogP contribution is 2.25. The summed E-state index contributed by atoms with van der Waals surface area (Å²) >= 11 is 0. The molecule has 1 aliphatic rings. The molecule has 2 N–H and O–H groups in total. The maximum absolute atomic E-state index is 12.7. The second kappa shape index (κ2) is 12.6. The minimum Gasteiger partial charge on any atom is -0.497 e. The van der Waals surface area contributed by atoms with Gasteiger partial charge in [0.15, 0.2) is 5.96 Å². The highest BCUT2D eigenvalue weighted by molar-refractivity contribution is 14.0. The van der Waals surface area contributed by atoms with Gasteiger partial charge in [-0.05, 0) is 45.9 Å². The van der Waals surface area contributed by atoms with Gasteiger partial charge < -0.3 is 24.8 Å². The number of alkyl halides is 2. The Labute approximate surface area is 200 Å². The van der Waals surface area contributed by atoms with Crippen molar-refractivity contribution < 1.29 is 23.0 Å². The normalized spacial score (nSPS) is 20.2. The van der Waals surface area contributed by atoms with E-state index >= 15 is 0 Å². The predicted octanol–water partition coefficient (Wildman–Crippen LogP) is 3.47. The van der Waals surface area contributed by atoms with E-state index in [1.165, 1.54) is 13.2 Å². The SMILES string of the molecule is CN=C(NCc1cc(OC)ccc1OC(F)F)NCC(C)(C)N1CC(C)OC(C)C1.I. The van der Waals surface area contributed by atoms with Crippen LogP contribution in [0, 0.1) is 0 Å². The first-order valence-electron chi connectivity index (χ1n) is 10.1. The molecule has 7 nitrogen and oxygen atoms in total. The molecule has 2 rings (SSSR count). The Bertz CT molecular complexity index is 712. The Hall–Kier alpha value is -1.40. The van der Waals surface area contributed by atoms with Gasteiger partial charge in [0, 0.05) is 44.3 Å². The zero-order valence-corrected chi connectivity index (χ0v) is 21.4. The van der Waals surface area contributed by atoms with Crippen molar-refractivity contribution in [3.63, 3.8) is 0 Å². The average molecular weight is 556 g/mol. The molecule has 0 aromatic heterocycles. The van der Waals surface area contributed by atoms with Gasteiger partial charge in [0.05, 0.1) is 19.3 Å².